The number of hydrogen-bond acceptors (Lipinski definition) is 3. The Labute approximate surface area is 110 Å². The van der Waals surface area contributed by atoms with Crippen LogP contribution >= 0.6 is 11.3 Å². The number of fused-ring (bicyclic) bond motifs is 1. The number of hydrogen-bond donors (Lipinski definition) is 0. The Bertz CT molecular complexity index is 559. The SMILES string of the molecule is CCn1cc(C(=O)c2cc3c(s2)CCCC3)cn1. The van der Waals surface area contributed by atoms with Crippen molar-refractivity contribution in [3.63, 3.8) is 0 Å². The van der Waals surface area contributed by atoms with Gasteiger partial charge in [-0.25, -0.2) is 0 Å². The standard InChI is InChI=1S/C14H16N2OS/c1-2-16-9-11(8-15-16)14(17)13-7-10-5-3-4-6-12(10)18-13/h7-9H,2-6H2,1H3. The van der Waals surface area contributed by atoms with Gasteiger partial charge in [0.05, 0.1) is 16.6 Å². The van der Waals surface area contributed by atoms with E-state index in [1.807, 2.05) is 13.1 Å². The molecule has 0 saturated carbocycles. The summed E-state index contributed by atoms with van der Waals surface area (Å²) in [6.07, 6.45) is 8.29. The molecule has 1 aliphatic carbocycles. The van der Waals surface area contributed by atoms with Crippen molar-refractivity contribution < 1.29 is 4.79 Å². The molecule has 18 heavy (non-hydrogen) atoms. The lowest BCUT2D eigenvalue weighted by molar-refractivity contribution is 0.104. The van der Waals surface area contributed by atoms with E-state index >= 15 is 0 Å². The third kappa shape index (κ3) is 2.01. The molecule has 0 N–H and O–H groups in total. The monoisotopic (exact) mass is 260 g/mol. The van der Waals surface area contributed by atoms with Gasteiger partial charge in [-0.05, 0) is 44.2 Å². The van der Waals surface area contributed by atoms with Gasteiger partial charge < -0.3 is 0 Å². The first-order valence-corrected chi connectivity index (χ1v) is 7.28. The number of ketones is 1. The molecule has 0 unspecified atom stereocenters. The minimum Gasteiger partial charge on any atom is -0.288 e. The molecule has 0 spiro atoms. The molecule has 0 atom stereocenters. The van der Waals surface area contributed by atoms with Crippen LogP contribution in [0.3, 0.4) is 0 Å². The summed E-state index contributed by atoms with van der Waals surface area (Å²) in [4.78, 5) is 14.6. The quantitative estimate of drug-likeness (QED) is 0.795. The van der Waals surface area contributed by atoms with E-state index in [1.54, 1.807) is 22.2 Å². The Hall–Kier alpha value is -1.42. The van der Waals surface area contributed by atoms with Crippen LogP contribution in [0.5, 0.6) is 0 Å². The van der Waals surface area contributed by atoms with Gasteiger partial charge in [0.2, 0.25) is 5.78 Å². The van der Waals surface area contributed by atoms with Crippen LogP contribution in [0.25, 0.3) is 0 Å². The van der Waals surface area contributed by atoms with Gasteiger partial charge in [0.1, 0.15) is 0 Å². The Morgan fingerprint density at radius 3 is 3.00 bits per heavy atom. The van der Waals surface area contributed by atoms with Crippen molar-refractivity contribution in [1.82, 2.24) is 9.78 Å². The molecule has 2 aromatic rings. The van der Waals surface area contributed by atoms with Gasteiger partial charge in [-0.3, -0.25) is 9.48 Å². The van der Waals surface area contributed by atoms with Crippen LogP contribution in [-0.4, -0.2) is 15.6 Å². The van der Waals surface area contributed by atoms with E-state index in [9.17, 15) is 4.79 Å². The van der Waals surface area contributed by atoms with Crippen molar-refractivity contribution in [3.8, 4) is 0 Å². The van der Waals surface area contributed by atoms with E-state index in [-0.39, 0.29) is 5.78 Å². The summed E-state index contributed by atoms with van der Waals surface area (Å²) in [5.74, 6) is 0.120. The first-order valence-electron chi connectivity index (χ1n) is 6.46. The van der Waals surface area contributed by atoms with Gasteiger partial charge in [-0.1, -0.05) is 0 Å². The summed E-state index contributed by atoms with van der Waals surface area (Å²) in [6.45, 7) is 2.82. The molecule has 0 aromatic carbocycles. The highest BCUT2D eigenvalue weighted by atomic mass is 32.1. The second-order valence-electron chi connectivity index (χ2n) is 4.68. The third-order valence-corrected chi connectivity index (χ3v) is 4.68. The highest BCUT2D eigenvalue weighted by Gasteiger charge is 2.19. The second kappa shape index (κ2) is 4.69. The van der Waals surface area contributed by atoms with Crippen molar-refractivity contribution in [3.05, 3.63) is 39.3 Å². The molecule has 2 heterocycles. The number of aryl methyl sites for hydroxylation is 3. The molecule has 94 valence electrons. The highest BCUT2D eigenvalue weighted by molar-refractivity contribution is 7.14. The number of carbonyl (C=O) groups excluding carboxylic acids is 1. The van der Waals surface area contributed by atoms with Gasteiger partial charge >= 0.3 is 0 Å². The zero-order valence-electron chi connectivity index (χ0n) is 10.5. The molecule has 2 aromatic heterocycles. The highest BCUT2D eigenvalue weighted by Crippen LogP contribution is 2.30. The molecule has 0 amide bonds. The topological polar surface area (TPSA) is 34.9 Å². The Balaban J connectivity index is 1.89. The van der Waals surface area contributed by atoms with Crippen LogP contribution in [0.15, 0.2) is 18.5 Å². The van der Waals surface area contributed by atoms with Gasteiger partial charge in [0.15, 0.2) is 0 Å². The van der Waals surface area contributed by atoms with E-state index in [2.05, 4.69) is 11.2 Å². The van der Waals surface area contributed by atoms with Crippen molar-refractivity contribution in [2.75, 3.05) is 0 Å². The maximum Gasteiger partial charge on any atom is 0.206 e. The molecule has 0 fully saturated rings. The van der Waals surface area contributed by atoms with E-state index in [1.165, 1.54) is 23.3 Å². The van der Waals surface area contributed by atoms with Gasteiger partial charge in [-0.2, -0.15) is 5.10 Å². The number of thiophene rings is 1. The molecular weight excluding hydrogens is 244 g/mol. The molecule has 0 saturated heterocycles. The minimum atomic E-state index is 0.120. The second-order valence-corrected chi connectivity index (χ2v) is 5.82. The normalized spacial score (nSPS) is 14.5. The van der Waals surface area contributed by atoms with E-state index in [4.69, 9.17) is 0 Å². The fraction of sp³-hybridized carbons (Fsp3) is 0.429. The summed E-state index contributed by atoms with van der Waals surface area (Å²) < 4.78 is 1.79. The van der Waals surface area contributed by atoms with E-state index < -0.39 is 0 Å². The molecule has 4 heteroatoms. The molecule has 0 bridgehead atoms. The smallest absolute Gasteiger partial charge is 0.206 e. The zero-order valence-corrected chi connectivity index (χ0v) is 11.3. The van der Waals surface area contributed by atoms with E-state index in [0.29, 0.717) is 5.56 Å². The fourth-order valence-corrected chi connectivity index (χ4v) is 3.61. The molecule has 1 aliphatic rings. The Morgan fingerprint density at radius 1 is 1.44 bits per heavy atom. The molecular formula is C14H16N2OS. The first-order chi connectivity index (χ1) is 8.78. The summed E-state index contributed by atoms with van der Waals surface area (Å²) in [7, 11) is 0. The van der Waals surface area contributed by atoms with Crippen LogP contribution in [0.4, 0.5) is 0 Å². The summed E-state index contributed by atoms with van der Waals surface area (Å²) in [5, 5.41) is 4.16. The number of rotatable bonds is 3. The Kier molecular flexibility index (Phi) is 3.04. The summed E-state index contributed by atoms with van der Waals surface area (Å²) in [5.41, 5.74) is 2.09. The predicted octanol–water partition coefficient (Wildman–Crippen LogP) is 3.07. The zero-order chi connectivity index (χ0) is 12.5. The largest absolute Gasteiger partial charge is 0.288 e. The average Bonchev–Trinajstić information content (AvgIpc) is 3.04. The lowest BCUT2D eigenvalue weighted by atomic mass is 9.99. The van der Waals surface area contributed by atoms with Crippen molar-refractivity contribution in [2.45, 2.75) is 39.2 Å². The molecule has 0 aliphatic heterocycles. The maximum absolute atomic E-state index is 12.4. The number of nitrogens with zero attached hydrogens (tertiary/aromatic N) is 2. The van der Waals surface area contributed by atoms with Gasteiger partial charge in [-0.15, -0.1) is 11.3 Å². The maximum atomic E-state index is 12.4. The number of aromatic nitrogens is 2. The van der Waals surface area contributed by atoms with Crippen molar-refractivity contribution in [1.29, 1.82) is 0 Å². The molecule has 0 radical (unpaired) electrons. The van der Waals surface area contributed by atoms with Gasteiger partial charge in [0, 0.05) is 17.6 Å². The van der Waals surface area contributed by atoms with Crippen LogP contribution in [0.2, 0.25) is 0 Å². The van der Waals surface area contributed by atoms with Crippen LogP contribution < -0.4 is 0 Å². The average molecular weight is 260 g/mol. The van der Waals surface area contributed by atoms with Crippen LogP contribution in [-0.2, 0) is 19.4 Å². The first kappa shape index (κ1) is 11.7. The van der Waals surface area contributed by atoms with Crippen LogP contribution in [0, 0.1) is 0 Å². The van der Waals surface area contributed by atoms with Crippen LogP contribution in [0.1, 0.15) is 45.4 Å². The molecule has 3 rings (SSSR count). The third-order valence-electron chi connectivity index (χ3n) is 3.44. The molecule has 3 nitrogen and oxygen atoms in total. The summed E-state index contributed by atoms with van der Waals surface area (Å²) >= 11 is 1.67. The van der Waals surface area contributed by atoms with E-state index in [0.717, 1.165) is 24.3 Å². The van der Waals surface area contributed by atoms with Crippen molar-refractivity contribution >= 4 is 17.1 Å². The number of carbonyl (C=O) groups is 1. The minimum absolute atomic E-state index is 0.120. The van der Waals surface area contributed by atoms with Crippen molar-refractivity contribution in [2.24, 2.45) is 0 Å². The summed E-state index contributed by atoms with van der Waals surface area (Å²) in [6, 6.07) is 2.09. The predicted molar refractivity (Wildman–Crippen MR) is 72.3 cm³/mol. The lowest BCUT2D eigenvalue weighted by Gasteiger charge is -2.08. The fourth-order valence-electron chi connectivity index (χ4n) is 2.40. The Morgan fingerprint density at radius 2 is 2.28 bits per heavy atom. The lowest BCUT2D eigenvalue weighted by Crippen LogP contribution is -1.98. The van der Waals surface area contributed by atoms with Gasteiger partial charge in [0.25, 0.3) is 0 Å².